The number of benzene rings is 3. The number of ether oxygens (including phenoxy) is 1. The second kappa shape index (κ2) is 13.1. The lowest BCUT2D eigenvalue weighted by atomic mass is 10.2. The molecule has 1 N–H and O–H groups in total. The summed E-state index contributed by atoms with van der Waals surface area (Å²) in [7, 11) is -3.88. The summed E-state index contributed by atoms with van der Waals surface area (Å²) < 4.78 is 39.5. The summed E-state index contributed by atoms with van der Waals surface area (Å²) in [6, 6.07) is 26.9. The van der Waals surface area contributed by atoms with Crippen LogP contribution in [0, 0.1) is 11.3 Å². The van der Waals surface area contributed by atoms with Crippen molar-refractivity contribution in [1.82, 2.24) is 4.31 Å². The number of nitrogens with zero attached hydrogens (tertiary/aromatic N) is 2. The van der Waals surface area contributed by atoms with Gasteiger partial charge in [-0.1, -0.05) is 41.9 Å². The van der Waals surface area contributed by atoms with Crippen molar-refractivity contribution in [3.8, 4) is 11.8 Å². The molecule has 0 radical (unpaired) electrons. The van der Waals surface area contributed by atoms with Gasteiger partial charge in [0.1, 0.15) is 28.9 Å². The van der Waals surface area contributed by atoms with E-state index >= 15 is 0 Å². The standard InChI is InChI=1S/C30H26ClN3O5S/c1-2-38-26-14-12-25(13-15-26)33-30(35)23(19-32)18-27-16-17-28(39-27)21-34(20-22-8-10-24(31)11-9-22)40(36,37)29-6-4-3-5-7-29/h3-18H,2,20-21H2,1H3,(H,33,35)/b23-18-. The molecule has 1 heterocycles. The highest BCUT2D eigenvalue weighted by Gasteiger charge is 2.26. The summed E-state index contributed by atoms with van der Waals surface area (Å²) in [6.45, 7) is 2.40. The Hall–Kier alpha value is -4.36. The van der Waals surface area contributed by atoms with E-state index in [1.54, 1.807) is 78.9 Å². The molecular formula is C30H26ClN3O5S. The number of rotatable bonds is 11. The van der Waals surface area contributed by atoms with E-state index in [9.17, 15) is 18.5 Å². The number of carbonyl (C=O) groups is 1. The number of nitrogens with one attached hydrogen (secondary N) is 1. The Labute approximate surface area is 238 Å². The number of anilines is 1. The molecule has 0 aliphatic carbocycles. The molecule has 10 heteroatoms. The largest absolute Gasteiger partial charge is 0.494 e. The fourth-order valence-corrected chi connectivity index (χ4v) is 5.32. The molecule has 0 saturated carbocycles. The highest BCUT2D eigenvalue weighted by Crippen LogP contribution is 2.24. The van der Waals surface area contributed by atoms with Crippen LogP contribution in [-0.2, 0) is 27.9 Å². The van der Waals surface area contributed by atoms with Gasteiger partial charge in [-0.25, -0.2) is 8.42 Å². The Kier molecular flexibility index (Phi) is 9.40. The highest BCUT2D eigenvalue weighted by atomic mass is 35.5. The van der Waals surface area contributed by atoms with Crippen LogP contribution in [0.5, 0.6) is 5.75 Å². The summed E-state index contributed by atoms with van der Waals surface area (Å²) in [6.07, 6.45) is 1.31. The summed E-state index contributed by atoms with van der Waals surface area (Å²) in [5, 5.41) is 12.8. The normalized spacial score (nSPS) is 11.7. The molecule has 0 bridgehead atoms. The van der Waals surface area contributed by atoms with Crippen molar-refractivity contribution >= 4 is 39.3 Å². The van der Waals surface area contributed by atoms with Gasteiger partial charge in [0.2, 0.25) is 10.0 Å². The summed E-state index contributed by atoms with van der Waals surface area (Å²) in [5.41, 5.74) is 1.07. The summed E-state index contributed by atoms with van der Waals surface area (Å²) in [5.74, 6) is 0.626. The predicted octanol–water partition coefficient (Wildman–Crippen LogP) is 6.27. The highest BCUT2D eigenvalue weighted by molar-refractivity contribution is 7.89. The third kappa shape index (κ3) is 7.39. The molecule has 0 unspecified atom stereocenters. The maximum atomic E-state index is 13.5. The zero-order chi connectivity index (χ0) is 28.5. The van der Waals surface area contributed by atoms with Gasteiger partial charge in [0.05, 0.1) is 18.0 Å². The van der Waals surface area contributed by atoms with Crippen molar-refractivity contribution in [2.45, 2.75) is 24.9 Å². The SMILES string of the molecule is CCOc1ccc(NC(=O)/C(C#N)=C\c2ccc(CN(Cc3ccc(Cl)cc3)S(=O)(=O)c3ccccc3)o2)cc1. The molecule has 40 heavy (non-hydrogen) atoms. The lowest BCUT2D eigenvalue weighted by Gasteiger charge is -2.21. The maximum Gasteiger partial charge on any atom is 0.266 e. The first-order chi connectivity index (χ1) is 19.3. The van der Waals surface area contributed by atoms with Crippen LogP contribution in [0.4, 0.5) is 5.69 Å². The zero-order valence-corrected chi connectivity index (χ0v) is 23.2. The number of nitriles is 1. The smallest absolute Gasteiger partial charge is 0.266 e. The Morgan fingerprint density at radius 3 is 2.35 bits per heavy atom. The van der Waals surface area contributed by atoms with Crippen LogP contribution in [0.25, 0.3) is 6.08 Å². The molecule has 1 amide bonds. The van der Waals surface area contributed by atoms with E-state index in [1.807, 2.05) is 13.0 Å². The minimum Gasteiger partial charge on any atom is -0.494 e. The summed E-state index contributed by atoms with van der Waals surface area (Å²) >= 11 is 6.00. The number of hydrogen-bond acceptors (Lipinski definition) is 6. The Morgan fingerprint density at radius 2 is 1.70 bits per heavy atom. The van der Waals surface area contributed by atoms with Crippen molar-refractivity contribution < 1.29 is 22.4 Å². The maximum absolute atomic E-state index is 13.5. The van der Waals surface area contributed by atoms with Crippen molar-refractivity contribution in [1.29, 1.82) is 5.26 Å². The molecule has 204 valence electrons. The molecular weight excluding hydrogens is 550 g/mol. The lowest BCUT2D eigenvalue weighted by Crippen LogP contribution is -2.30. The third-order valence-corrected chi connectivity index (χ3v) is 7.80. The Balaban J connectivity index is 1.53. The molecule has 0 aliphatic heterocycles. The molecule has 1 aromatic heterocycles. The van der Waals surface area contributed by atoms with Gasteiger partial charge in [0.25, 0.3) is 5.91 Å². The number of furan rings is 1. The number of sulfonamides is 1. The molecule has 4 rings (SSSR count). The molecule has 0 spiro atoms. The molecule has 3 aromatic carbocycles. The van der Waals surface area contributed by atoms with Gasteiger partial charge in [-0.05, 0) is 73.2 Å². The fourth-order valence-electron chi connectivity index (χ4n) is 3.78. The van der Waals surface area contributed by atoms with Crippen molar-refractivity contribution in [2.75, 3.05) is 11.9 Å². The Morgan fingerprint density at radius 1 is 1.00 bits per heavy atom. The van der Waals surface area contributed by atoms with Crippen molar-refractivity contribution in [2.24, 2.45) is 0 Å². The Bertz CT molecular complexity index is 1630. The fraction of sp³-hybridized carbons (Fsp3) is 0.133. The van der Waals surface area contributed by atoms with E-state index in [2.05, 4.69) is 5.32 Å². The minimum atomic E-state index is -3.88. The average Bonchev–Trinajstić information content (AvgIpc) is 3.41. The first kappa shape index (κ1) is 28.6. The molecule has 8 nitrogen and oxygen atoms in total. The van der Waals surface area contributed by atoms with E-state index < -0.39 is 15.9 Å². The quantitative estimate of drug-likeness (QED) is 0.167. The van der Waals surface area contributed by atoms with Gasteiger partial charge in [-0.2, -0.15) is 9.57 Å². The first-order valence-corrected chi connectivity index (χ1v) is 14.1. The topological polar surface area (TPSA) is 113 Å². The van der Waals surface area contributed by atoms with Gasteiger partial charge < -0.3 is 14.5 Å². The number of amides is 1. The van der Waals surface area contributed by atoms with E-state index in [4.69, 9.17) is 20.8 Å². The molecule has 0 fully saturated rings. The first-order valence-electron chi connectivity index (χ1n) is 12.3. The monoisotopic (exact) mass is 575 g/mol. The molecule has 0 saturated heterocycles. The second-order valence-corrected chi connectivity index (χ2v) is 11.0. The molecule has 0 atom stereocenters. The van der Waals surface area contributed by atoms with Gasteiger partial charge in [-0.15, -0.1) is 0 Å². The van der Waals surface area contributed by atoms with Crippen LogP contribution in [-0.4, -0.2) is 25.2 Å². The van der Waals surface area contributed by atoms with Crippen LogP contribution in [0.15, 0.2) is 106 Å². The van der Waals surface area contributed by atoms with E-state index in [0.717, 1.165) is 5.56 Å². The lowest BCUT2D eigenvalue weighted by molar-refractivity contribution is -0.112. The van der Waals surface area contributed by atoms with Crippen LogP contribution in [0.2, 0.25) is 5.02 Å². The van der Waals surface area contributed by atoms with Gasteiger partial charge >= 0.3 is 0 Å². The van der Waals surface area contributed by atoms with Crippen molar-refractivity contribution in [3.63, 3.8) is 0 Å². The minimum absolute atomic E-state index is 0.0754. The number of hydrogen-bond donors (Lipinski definition) is 1. The predicted molar refractivity (Wildman–Crippen MR) is 153 cm³/mol. The van der Waals surface area contributed by atoms with Crippen LogP contribution >= 0.6 is 11.6 Å². The van der Waals surface area contributed by atoms with Crippen LogP contribution in [0.3, 0.4) is 0 Å². The van der Waals surface area contributed by atoms with Gasteiger partial charge in [0, 0.05) is 23.3 Å². The van der Waals surface area contributed by atoms with E-state index in [-0.39, 0.29) is 29.3 Å². The third-order valence-electron chi connectivity index (χ3n) is 5.74. The number of halogens is 1. The molecule has 0 aliphatic rings. The second-order valence-electron chi connectivity index (χ2n) is 8.60. The van der Waals surface area contributed by atoms with Crippen molar-refractivity contribution in [3.05, 3.63) is 119 Å². The number of carbonyl (C=O) groups excluding carboxylic acids is 1. The van der Waals surface area contributed by atoms with Gasteiger partial charge in [0.15, 0.2) is 0 Å². The van der Waals surface area contributed by atoms with Crippen LogP contribution in [0.1, 0.15) is 24.0 Å². The van der Waals surface area contributed by atoms with Gasteiger partial charge in [-0.3, -0.25) is 4.79 Å². The summed E-state index contributed by atoms with van der Waals surface area (Å²) in [4.78, 5) is 12.8. The van der Waals surface area contributed by atoms with E-state index in [1.165, 1.54) is 22.5 Å². The average molecular weight is 576 g/mol. The molecule has 4 aromatic rings. The van der Waals surface area contributed by atoms with Crippen LogP contribution < -0.4 is 10.1 Å². The zero-order valence-electron chi connectivity index (χ0n) is 21.6. The van der Waals surface area contributed by atoms with E-state index in [0.29, 0.717) is 28.8 Å².